The van der Waals surface area contributed by atoms with Gasteiger partial charge in [-0.05, 0) is 38.8 Å². The first-order valence-electron chi connectivity index (χ1n) is 8.44. The van der Waals surface area contributed by atoms with E-state index in [2.05, 4.69) is 15.1 Å². The quantitative estimate of drug-likeness (QED) is 0.730. The van der Waals surface area contributed by atoms with Gasteiger partial charge in [0, 0.05) is 18.0 Å². The van der Waals surface area contributed by atoms with E-state index in [4.69, 9.17) is 4.74 Å². The van der Waals surface area contributed by atoms with E-state index in [0.29, 0.717) is 17.2 Å². The first-order valence-corrected chi connectivity index (χ1v) is 9.25. The number of hydrogen-bond acceptors (Lipinski definition) is 5. The Hall–Kier alpha value is -2.25. The smallest absolute Gasteiger partial charge is 0.282 e. The zero-order valence-electron chi connectivity index (χ0n) is 14.3. The van der Waals surface area contributed by atoms with E-state index in [1.807, 2.05) is 38.1 Å². The second-order valence-corrected chi connectivity index (χ2v) is 7.29. The molecular formula is C18H20N4O2S. The Balaban J connectivity index is 1.68. The number of aryl methyl sites for hydroxylation is 1. The van der Waals surface area contributed by atoms with Gasteiger partial charge in [-0.2, -0.15) is 4.68 Å². The summed E-state index contributed by atoms with van der Waals surface area (Å²) in [7, 11) is 0. The molecule has 0 spiro atoms. The minimum Gasteiger partial charge on any atom is -0.376 e. The minimum absolute atomic E-state index is 0.106. The van der Waals surface area contributed by atoms with Crippen LogP contribution in [0.5, 0.6) is 0 Å². The van der Waals surface area contributed by atoms with Crippen molar-refractivity contribution in [1.29, 1.82) is 0 Å². The number of nitrogens with one attached hydrogen (secondary N) is 1. The highest BCUT2D eigenvalue weighted by Gasteiger charge is 2.19. The molecule has 1 aliphatic rings. The summed E-state index contributed by atoms with van der Waals surface area (Å²) in [5.41, 5.74) is 2.96. The van der Waals surface area contributed by atoms with Gasteiger partial charge in [0.05, 0.1) is 28.4 Å². The van der Waals surface area contributed by atoms with Crippen LogP contribution >= 0.6 is 11.3 Å². The van der Waals surface area contributed by atoms with Crippen LogP contribution in [0.1, 0.15) is 31.0 Å². The maximum atomic E-state index is 12.9. The van der Waals surface area contributed by atoms with Crippen molar-refractivity contribution in [3.63, 3.8) is 0 Å². The Labute approximate surface area is 149 Å². The van der Waals surface area contributed by atoms with Crippen LogP contribution in [-0.2, 0) is 4.74 Å². The molecule has 3 heterocycles. The highest BCUT2D eigenvalue weighted by Crippen LogP contribution is 2.23. The molecule has 0 aliphatic carbocycles. The summed E-state index contributed by atoms with van der Waals surface area (Å²) in [6.45, 7) is 5.20. The standard InChI is InChI=1S/C18H20N4O2S/c1-11(19-10-13-6-5-9-24-13)16-12(2)21-22(17(16)23)18-20-14-7-3-4-8-15(14)25-18/h3-4,7-8,13,21H,5-6,9-10H2,1-2H3. The molecule has 0 saturated carbocycles. The number of nitrogens with zero attached hydrogens (tertiary/aromatic N) is 3. The highest BCUT2D eigenvalue weighted by molar-refractivity contribution is 7.20. The number of H-pyrrole nitrogens is 1. The lowest BCUT2D eigenvalue weighted by molar-refractivity contribution is 0.118. The van der Waals surface area contributed by atoms with Crippen molar-refractivity contribution < 1.29 is 4.74 Å². The third-order valence-corrected chi connectivity index (χ3v) is 5.48. The van der Waals surface area contributed by atoms with Crippen molar-refractivity contribution in [1.82, 2.24) is 14.8 Å². The van der Waals surface area contributed by atoms with Gasteiger partial charge < -0.3 is 4.74 Å². The van der Waals surface area contributed by atoms with Crippen molar-refractivity contribution in [2.45, 2.75) is 32.8 Å². The molecule has 2 aromatic heterocycles. The fourth-order valence-corrected chi connectivity index (χ4v) is 4.09. The molecule has 1 unspecified atom stereocenters. The topological polar surface area (TPSA) is 72.3 Å². The van der Waals surface area contributed by atoms with E-state index in [1.165, 1.54) is 16.0 Å². The monoisotopic (exact) mass is 356 g/mol. The minimum atomic E-state index is -0.106. The number of aromatic nitrogens is 3. The van der Waals surface area contributed by atoms with Gasteiger partial charge in [0.25, 0.3) is 5.56 Å². The average Bonchev–Trinajstić information content (AvgIpc) is 3.31. The van der Waals surface area contributed by atoms with Crippen LogP contribution in [-0.4, -0.2) is 39.7 Å². The second kappa shape index (κ2) is 6.57. The molecule has 0 bridgehead atoms. The molecule has 1 atom stereocenters. The van der Waals surface area contributed by atoms with Crippen LogP contribution in [0.15, 0.2) is 34.1 Å². The van der Waals surface area contributed by atoms with Gasteiger partial charge in [0.2, 0.25) is 5.13 Å². The number of thiazole rings is 1. The van der Waals surface area contributed by atoms with Crippen LogP contribution < -0.4 is 5.56 Å². The number of hydrogen-bond donors (Lipinski definition) is 1. The van der Waals surface area contributed by atoms with Crippen molar-refractivity contribution in [2.24, 2.45) is 4.99 Å². The normalized spacial score (nSPS) is 18.3. The fourth-order valence-electron chi connectivity index (χ4n) is 3.17. The van der Waals surface area contributed by atoms with Crippen molar-refractivity contribution in [3.8, 4) is 5.13 Å². The van der Waals surface area contributed by atoms with Gasteiger partial charge in [0.15, 0.2) is 0 Å². The predicted octanol–water partition coefficient (Wildman–Crippen LogP) is 3.07. The first-order chi connectivity index (χ1) is 12.1. The molecule has 7 heteroatoms. The van der Waals surface area contributed by atoms with Crippen molar-refractivity contribution >= 4 is 27.3 Å². The number of ether oxygens (including phenoxy) is 1. The summed E-state index contributed by atoms with van der Waals surface area (Å²) in [6, 6.07) is 7.88. The molecule has 0 amide bonds. The van der Waals surface area contributed by atoms with E-state index in [9.17, 15) is 4.79 Å². The number of aliphatic imine (C=N–C) groups is 1. The second-order valence-electron chi connectivity index (χ2n) is 6.28. The van der Waals surface area contributed by atoms with Crippen LogP contribution in [0.4, 0.5) is 0 Å². The van der Waals surface area contributed by atoms with E-state index in [1.54, 1.807) is 0 Å². The molecular weight excluding hydrogens is 336 g/mol. The van der Waals surface area contributed by atoms with Gasteiger partial charge in [-0.15, -0.1) is 0 Å². The Bertz CT molecular complexity index is 959. The molecule has 130 valence electrons. The predicted molar refractivity (Wildman–Crippen MR) is 100 cm³/mol. The third kappa shape index (κ3) is 3.05. The molecule has 25 heavy (non-hydrogen) atoms. The summed E-state index contributed by atoms with van der Waals surface area (Å²) in [6.07, 6.45) is 2.31. The zero-order valence-corrected chi connectivity index (χ0v) is 15.1. The molecule has 4 rings (SSSR count). The number of para-hydroxylation sites is 1. The van der Waals surface area contributed by atoms with Crippen LogP contribution in [0.3, 0.4) is 0 Å². The Morgan fingerprint density at radius 3 is 3.08 bits per heavy atom. The number of rotatable bonds is 4. The summed E-state index contributed by atoms with van der Waals surface area (Å²) in [5.74, 6) is 0. The summed E-state index contributed by atoms with van der Waals surface area (Å²) < 4.78 is 8.17. The lowest BCUT2D eigenvalue weighted by atomic mass is 10.1. The van der Waals surface area contributed by atoms with Gasteiger partial charge in [-0.3, -0.25) is 14.9 Å². The van der Waals surface area contributed by atoms with E-state index < -0.39 is 0 Å². The number of aromatic amines is 1. The van der Waals surface area contributed by atoms with Crippen LogP contribution in [0, 0.1) is 6.92 Å². The van der Waals surface area contributed by atoms with Gasteiger partial charge in [-0.25, -0.2) is 4.98 Å². The van der Waals surface area contributed by atoms with Crippen molar-refractivity contribution in [2.75, 3.05) is 13.2 Å². The van der Waals surface area contributed by atoms with E-state index in [0.717, 1.165) is 41.1 Å². The first kappa shape index (κ1) is 16.2. The molecule has 1 saturated heterocycles. The van der Waals surface area contributed by atoms with Crippen LogP contribution in [0.2, 0.25) is 0 Å². The molecule has 0 radical (unpaired) electrons. The average molecular weight is 356 g/mol. The highest BCUT2D eigenvalue weighted by atomic mass is 32.1. The summed E-state index contributed by atoms with van der Waals surface area (Å²) in [5, 5.41) is 3.78. The molecule has 6 nitrogen and oxygen atoms in total. The largest absolute Gasteiger partial charge is 0.376 e. The van der Waals surface area contributed by atoms with Gasteiger partial charge >= 0.3 is 0 Å². The Morgan fingerprint density at radius 1 is 1.48 bits per heavy atom. The molecule has 1 aliphatic heterocycles. The molecule has 1 N–H and O–H groups in total. The Kier molecular flexibility index (Phi) is 4.27. The maximum absolute atomic E-state index is 12.9. The van der Waals surface area contributed by atoms with Crippen molar-refractivity contribution in [3.05, 3.63) is 45.9 Å². The number of benzene rings is 1. The van der Waals surface area contributed by atoms with E-state index >= 15 is 0 Å². The van der Waals surface area contributed by atoms with Crippen LogP contribution in [0.25, 0.3) is 15.3 Å². The fraction of sp³-hybridized carbons (Fsp3) is 0.389. The van der Waals surface area contributed by atoms with Gasteiger partial charge in [-0.1, -0.05) is 23.5 Å². The molecule has 1 fully saturated rings. The van der Waals surface area contributed by atoms with E-state index in [-0.39, 0.29) is 11.7 Å². The zero-order chi connectivity index (χ0) is 17.4. The molecule has 1 aromatic carbocycles. The van der Waals surface area contributed by atoms with Gasteiger partial charge in [0.1, 0.15) is 0 Å². The maximum Gasteiger partial charge on any atom is 0.282 e. The summed E-state index contributed by atoms with van der Waals surface area (Å²) in [4.78, 5) is 22.0. The lowest BCUT2D eigenvalue weighted by Gasteiger charge is -2.05. The Morgan fingerprint density at radius 2 is 2.32 bits per heavy atom. The molecule has 3 aromatic rings. The summed E-state index contributed by atoms with van der Waals surface area (Å²) >= 11 is 1.49. The SMILES string of the molecule is CC(=NCC1CCCO1)c1c(C)[nH]n(-c2nc3ccccc3s2)c1=O. The number of fused-ring (bicyclic) bond motifs is 1. The third-order valence-electron chi connectivity index (χ3n) is 4.46. The lowest BCUT2D eigenvalue weighted by Crippen LogP contribution is -2.20.